The summed E-state index contributed by atoms with van der Waals surface area (Å²) in [4.78, 5) is 81.0. The second-order valence-corrected chi connectivity index (χ2v) is 13.4. The number of benzene rings is 1. The molecule has 3 aromatic rings. The number of ketones is 1. The third kappa shape index (κ3) is 6.86. The van der Waals surface area contributed by atoms with Gasteiger partial charge in [-0.15, -0.1) is 0 Å². The zero-order valence-corrected chi connectivity index (χ0v) is 26.8. The number of H-pyrrole nitrogens is 1. The fraction of sp³-hybridized carbons (Fsp3) is 0.486. The maximum Gasteiger partial charge on any atom is 0.287 e. The molecule has 47 heavy (non-hydrogen) atoms. The number of hydrogen-bond acceptors (Lipinski definition) is 6. The largest absolute Gasteiger partial charge is 0.351 e. The minimum atomic E-state index is -1.25. The molecule has 4 fully saturated rings. The number of aromatic amines is 1. The first-order valence-corrected chi connectivity index (χ1v) is 16.6. The Morgan fingerprint density at radius 3 is 2.34 bits per heavy atom. The second-order valence-electron chi connectivity index (χ2n) is 13.4. The number of pyridine rings is 1. The number of likely N-dealkylation sites (N-methyl/N-ethyl adjacent to an activating group) is 1. The molecule has 2 heterocycles. The predicted octanol–water partition coefficient (Wildman–Crippen LogP) is 2.80. The van der Waals surface area contributed by atoms with Crippen molar-refractivity contribution in [2.75, 3.05) is 11.9 Å². The summed E-state index contributed by atoms with van der Waals surface area (Å²) < 4.78 is 1.25. The van der Waals surface area contributed by atoms with Gasteiger partial charge in [0, 0.05) is 36.1 Å². The number of carbonyl (C=O) groups is 5. The SMILES string of the molecule is CCNC(=O)C(=O)CC[C@H](NC(=O)c1[nH]c2ccccc2c1C)C(=O)Nc1cccn(CC(=O)NC2C3CC4CC(C3)CC2C4)c1=O. The van der Waals surface area contributed by atoms with Crippen LogP contribution in [0, 0.1) is 30.6 Å². The third-order valence-corrected chi connectivity index (χ3v) is 10.2. The Hall–Kier alpha value is -4.74. The Bertz CT molecular complexity index is 1750. The van der Waals surface area contributed by atoms with Crippen LogP contribution in [0.3, 0.4) is 0 Å². The number of aryl methyl sites for hydroxylation is 1. The molecule has 4 amide bonds. The molecule has 0 radical (unpaired) electrons. The van der Waals surface area contributed by atoms with E-state index in [1.807, 2.05) is 24.3 Å². The van der Waals surface area contributed by atoms with Gasteiger partial charge in [0.2, 0.25) is 17.6 Å². The van der Waals surface area contributed by atoms with Crippen LogP contribution in [0.5, 0.6) is 0 Å². The smallest absolute Gasteiger partial charge is 0.287 e. The average Bonchev–Trinajstić information content (AvgIpc) is 3.38. The van der Waals surface area contributed by atoms with E-state index in [1.54, 1.807) is 19.9 Å². The van der Waals surface area contributed by atoms with E-state index in [2.05, 4.69) is 26.3 Å². The first-order chi connectivity index (χ1) is 22.6. The van der Waals surface area contributed by atoms with Gasteiger partial charge in [-0.25, -0.2) is 0 Å². The molecule has 12 heteroatoms. The van der Waals surface area contributed by atoms with Crippen LogP contribution in [-0.4, -0.2) is 57.6 Å². The summed E-state index contributed by atoms with van der Waals surface area (Å²) >= 11 is 0. The summed E-state index contributed by atoms with van der Waals surface area (Å²) in [5.41, 5.74) is 1.05. The molecule has 1 aromatic carbocycles. The van der Waals surface area contributed by atoms with Crippen LogP contribution >= 0.6 is 0 Å². The number of nitrogens with one attached hydrogen (secondary N) is 5. The van der Waals surface area contributed by atoms with Crippen LogP contribution in [0.25, 0.3) is 10.9 Å². The van der Waals surface area contributed by atoms with Gasteiger partial charge in [0.1, 0.15) is 24.0 Å². The lowest BCUT2D eigenvalue weighted by Gasteiger charge is -2.54. The van der Waals surface area contributed by atoms with Crippen molar-refractivity contribution in [2.24, 2.45) is 23.7 Å². The highest BCUT2D eigenvalue weighted by molar-refractivity contribution is 6.36. The zero-order chi connectivity index (χ0) is 33.2. The first kappa shape index (κ1) is 32.2. The minimum Gasteiger partial charge on any atom is -0.351 e. The minimum absolute atomic E-state index is 0.0731. The van der Waals surface area contributed by atoms with E-state index in [4.69, 9.17) is 0 Å². The lowest BCUT2D eigenvalue weighted by Crippen LogP contribution is -2.56. The Morgan fingerprint density at radius 2 is 1.66 bits per heavy atom. The number of carbonyl (C=O) groups excluding carboxylic acids is 5. The van der Waals surface area contributed by atoms with Gasteiger partial charge in [-0.1, -0.05) is 18.2 Å². The van der Waals surface area contributed by atoms with Crippen molar-refractivity contribution in [3.63, 3.8) is 0 Å². The molecule has 5 N–H and O–H groups in total. The molecule has 4 bridgehead atoms. The lowest BCUT2D eigenvalue weighted by atomic mass is 9.54. The Labute approximate surface area is 272 Å². The molecule has 4 aliphatic rings. The van der Waals surface area contributed by atoms with Gasteiger partial charge in [-0.2, -0.15) is 0 Å². The molecule has 7 rings (SSSR count). The molecule has 0 saturated heterocycles. The van der Waals surface area contributed by atoms with Crippen LogP contribution in [0.15, 0.2) is 47.4 Å². The fourth-order valence-corrected chi connectivity index (χ4v) is 8.18. The van der Waals surface area contributed by atoms with E-state index in [0.29, 0.717) is 17.4 Å². The second kappa shape index (κ2) is 13.5. The fourth-order valence-electron chi connectivity index (χ4n) is 8.18. The Balaban J connectivity index is 1.14. The quantitative estimate of drug-likeness (QED) is 0.190. The van der Waals surface area contributed by atoms with Gasteiger partial charge in [0.05, 0.1) is 0 Å². The maximum absolute atomic E-state index is 13.6. The molecular weight excluding hydrogens is 600 g/mol. The van der Waals surface area contributed by atoms with Gasteiger partial charge in [-0.05, 0) is 99.8 Å². The molecule has 1 atom stereocenters. The number of Topliss-reactive ketones (excluding diaryl/α,β-unsaturated/α-hetero) is 1. The molecule has 0 spiro atoms. The van der Waals surface area contributed by atoms with Crippen molar-refractivity contribution in [1.29, 1.82) is 0 Å². The monoisotopic (exact) mass is 642 g/mol. The van der Waals surface area contributed by atoms with E-state index in [9.17, 15) is 28.8 Å². The molecule has 2 aromatic heterocycles. The Kier molecular flexibility index (Phi) is 9.28. The van der Waals surface area contributed by atoms with Crippen molar-refractivity contribution in [3.8, 4) is 0 Å². The predicted molar refractivity (Wildman–Crippen MR) is 176 cm³/mol. The Morgan fingerprint density at radius 1 is 0.957 bits per heavy atom. The number of para-hydroxylation sites is 1. The molecule has 0 aliphatic heterocycles. The standard InChI is InChI=1S/C35H42N6O6/c1-3-36-33(45)28(42)11-10-26(38-34(46)30-19(2)24-7-4-5-8-25(24)37-30)32(44)39-27-9-6-12-41(35(27)47)18-29(43)40-31-22-14-20-13-21(16-22)17-23(31)15-20/h4-9,12,20-23,26,31,37H,3,10-11,13-18H2,1-2H3,(H,36,45)(H,38,46)(H,39,44)(H,40,43)/t20?,21?,22?,23?,26-,31?/m0/s1. The highest BCUT2D eigenvalue weighted by Crippen LogP contribution is 2.53. The number of fused-ring (bicyclic) bond motifs is 1. The van der Waals surface area contributed by atoms with Crippen molar-refractivity contribution < 1.29 is 24.0 Å². The molecular formula is C35H42N6O6. The van der Waals surface area contributed by atoms with E-state index >= 15 is 0 Å². The summed E-state index contributed by atoms with van der Waals surface area (Å²) in [5, 5.41) is 11.8. The molecule has 12 nitrogen and oxygen atoms in total. The summed E-state index contributed by atoms with van der Waals surface area (Å²) in [5.74, 6) is -0.498. The first-order valence-electron chi connectivity index (χ1n) is 16.6. The number of aromatic nitrogens is 2. The number of amides is 4. The van der Waals surface area contributed by atoms with Gasteiger partial charge < -0.3 is 30.8 Å². The van der Waals surface area contributed by atoms with Crippen LogP contribution in [0.4, 0.5) is 5.69 Å². The normalized spacial score (nSPS) is 23.2. The van der Waals surface area contributed by atoms with Gasteiger partial charge in [-0.3, -0.25) is 28.8 Å². The van der Waals surface area contributed by atoms with Gasteiger partial charge >= 0.3 is 0 Å². The van der Waals surface area contributed by atoms with Crippen molar-refractivity contribution in [3.05, 3.63) is 64.2 Å². The van der Waals surface area contributed by atoms with Crippen molar-refractivity contribution in [2.45, 2.75) is 77.4 Å². The zero-order valence-electron chi connectivity index (χ0n) is 26.8. The van der Waals surface area contributed by atoms with E-state index in [0.717, 1.165) is 48.4 Å². The number of rotatable bonds is 12. The van der Waals surface area contributed by atoms with E-state index in [1.165, 1.54) is 23.3 Å². The van der Waals surface area contributed by atoms with Crippen LogP contribution in [-0.2, 0) is 25.7 Å². The number of hydrogen-bond donors (Lipinski definition) is 5. The number of nitrogens with zero attached hydrogens (tertiary/aromatic N) is 1. The van der Waals surface area contributed by atoms with Crippen molar-refractivity contribution >= 4 is 46.0 Å². The molecule has 0 unspecified atom stereocenters. The third-order valence-electron chi connectivity index (χ3n) is 10.2. The summed E-state index contributed by atoms with van der Waals surface area (Å²) in [7, 11) is 0. The van der Waals surface area contributed by atoms with Crippen LogP contribution in [0.1, 0.15) is 67.9 Å². The topological polar surface area (TPSA) is 171 Å². The van der Waals surface area contributed by atoms with Crippen molar-refractivity contribution in [1.82, 2.24) is 25.5 Å². The molecule has 4 saturated carbocycles. The highest BCUT2D eigenvalue weighted by Gasteiger charge is 2.48. The highest BCUT2D eigenvalue weighted by atomic mass is 16.2. The van der Waals surface area contributed by atoms with Crippen LogP contribution < -0.4 is 26.8 Å². The number of anilines is 1. The summed E-state index contributed by atoms with van der Waals surface area (Å²) in [6.45, 7) is 3.55. The molecule has 4 aliphatic carbocycles. The lowest BCUT2D eigenvalue weighted by molar-refractivity contribution is -0.138. The van der Waals surface area contributed by atoms with E-state index < -0.39 is 35.1 Å². The van der Waals surface area contributed by atoms with Gasteiger partial charge in [0.25, 0.3) is 17.4 Å². The average molecular weight is 643 g/mol. The maximum atomic E-state index is 13.6. The summed E-state index contributed by atoms with van der Waals surface area (Å²) in [6.07, 6.45) is 6.97. The summed E-state index contributed by atoms with van der Waals surface area (Å²) in [6, 6.07) is 9.27. The van der Waals surface area contributed by atoms with Gasteiger partial charge in [0.15, 0.2) is 0 Å². The van der Waals surface area contributed by atoms with Crippen LogP contribution in [0.2, 0.25) is 0 Å². The molecule has 248 valence electrons. The van der Waals surface area contributed by atoms with E-state index in [-0.39, 0.29) is 49.3 Å².